The minimum Gasteiger partial charge on any atom is -0.493 e. The summed E-state index contributed by atoms with van der Waals surface area (Å²) < 4.78 is 39.3. The number of amides is 1. The molecule has 1 amide bonds. The number of benzene rings is 3. The molecule has 0 aromatic heterocycles. The summed E-state index contributed by atoms with van der Waals surface area (Å²) in [6.45, 7) is 3.56. The summed E-state index contributed by atoms with van der Waals surface area (Å²) in [7, 11) is 0.768. The van der Waals surface area contributed by atoms with E-state index < -0.39 is 10.0 Å². The van der Waals surface area contributed by atoms with Gasteiger partial charge in [-0.05, 0) is 55.3 Å². The molecule has 168 valence electrons. The number of rotatable bonds is 7. The molecule has 0 fully saturated rings. The first-order valence-corrected chi connectivity index (χ1v) is 11.4. The number of hydrogen-bond acceptors (Lipinski definition) is 5. The van der Waals surface area contributed by atoms with Gasteiger partial charge in [0.2, 0.25) is 0 Å². The van der Waals surface area contributed by atoms with Crippen LogP contribution < -0.4 is 19.1 Å². The van der Waals surface area contributed by atoms with E-state index in [1.807, 2.05) is 13.0 Å². The second kappa shape index (κ2) is 9.32. The Labute approximate surface area is 188 Å². The number of para-hydroxylation sites is 1. The van der Waals surface area contributed by atoms with Crippen molar-refractivity contribution in [2.75, 3.05) is 30.9 Å². The van der Waals surface area contributed by atoms with E-state index >= 15 is 0 Å². The highest BCUT2D eigenvalue weighted by molar-refractivity contribution is 7.92. The van der Waals surface area contributed by atoms with Crippen LogP contribution in [0, 0.1) is 13.8 Å². The van der Waals surface area contributed by atoms with Gasteiger partial charge in [0, 0.05) is 18.8 Å². The van der Waals surface area contributed by atoms with Crippen LogP contribution in [0.5, 0.6) is 11.5 Å². The Morgan fingerprint density at radius 3 is 2.28 bits per heavy atom. The van der Waals surface area contributed by atoms with E-state index in [1.54, 1.807) is 68.6 Å². The van der Waals surface area contributed by atoms with E-state index in [2.05, 4.69) is 4.72 Å². The van der Waals surface area contributed by atoms with Crippen molar-refractivity contribution in [1.29, 1.82) is 0 Å². The fourth-order valence-corrected chi connectivity index (χ4v) is 4.70. The average molecular weight is 455 g/mol. The van der Waals surface area contributed by atoms with Gasteiger partial charge in [0.1, 0.15) is 0 Å². The van der Waals surface area contributed by atoms with E-state index in [-0.39, 0.29) is 22.1 Å². The molecule has 0 saturated carbocycles. The molecule has 3 rings (SSSR count). The summed E-state index contributed by atoms with van der Waals surface area (Å²) in [5.41, 5.74) is 2.44. The zero-order chi connectivity index (χ0) is 23.5. The highest BCUT2D eigenvalue weighted by Gasteiger charge is 2.23. The number of aryl methyl sites for hydroxylation is 2. The summed E-state index contributed by atoms with van der Waals surface area (Å²) in [6.07, 6.45) is 0. The van der Waals surface area contributed by atoms with Gasteiger partial charge >= 0.3 is 0 Å². The van der Waals surface area contributed by atoms with Crippen molar-refractivity contribution in [3.63, 3.8) is 0 Å². The number of carbonyl (C=O) groups is 1. The number of sulfonamides is 1. The van der Waals surface area contributed by atoms with Crippen LogP contribution in [0.2, 0.25) is 0 Å². The first-order chi connectivity index (χ1) is 15.2. The van der Waals surface area contributed by atoms with Gasteiger partial charge in [0.15, 0.2) is 11.5 Å². The van der Waals surface area contributed by atoms with Crippen molar-refractivity contribution in [3.05, 3.63) is 77.4 Å². The number of anilines is 2. The molecule has 0 saturated heterocycles. The van der Waals surface area contributed by atoms with Crippen LogP contribution in [-0.4, -0.2) is 35.6 Å². The molecule has 7 nitrogen and oxygen atoms in total. The van der Waals surface area contributed by atoms with Crippen LogP contribution in [0.15, 0.2) is 65.6 Å². The predicted molar refractivity (Wildman–Crippen MR) is 125 cm³/mol. The zero-order valence-electron chi connectivity index (χ0n) is 18.7. The molecule has 0 heterocycles. The SMILES string of the molecule is COc1ccc(N(C)C(=O)c2ccccc2NS(=O)(=O)c2cc(C)ccc2C)cc1OC. The first kappa shape index (κ1) is 23.1. The number of ether oxygens (including phenoxy) is 2. The Bertz CT molecular complexity index is 1250. The van der Waals surface area contributed by atoms with Gasteiger partial charge in [-0.25, -0.2) is 8.42 Å². The Balaban J connectivity index is 1.96. The quantitative estimate of drug-likeness (QED) is 0.572. The summed E-state index contributed by atoms with van der Waals surface area (Å²) in [6, 6.07) is 16.8. The molecule has 8 heteroatoms. The Morgan fingerprint density at radius 2 is 1.59 bits per heavy atom. The van der Waals surface area contributed by atoms with Crippen LogP contribution in [0.4, 0.5) is 11.4 Å². The van der Waals surface area contributed by atoms with Crippen molar-refractivity contribution in [2.24, 2.45) is 0 Å². The van der Waals surface area contributed by atoms with Gasteiger partial charge in [-0.1, -0.05) is 24.3 Å². The molecule has 0 spiro atoms. The van der Waals surface area contributed by atoms with Crippen molar-refractivity contribution >= 4 is 27.3 Å². The fraction of sp³-hybridized carbons (Fsp3) is 0.208. The van der Waals surface area contributed by atoms with Crippen molar-refractivity contribution in [2.45, 2.75) is 18.7 Å². The van der Waals surface area contributed by atoms with Crippen LogP contribution in [0.3, 0.4) is 0 Å². The Hall–Kier alpha value is -3.52. The van der Waals surface area contributed by atoms with E-state index in [4.69, 9.17) is 9.47 Å². The number of hydrogen-bond donors (Lipinski definition) is 1. The maximum absolute atomic E-state index is 13.3. The van der Waals surface area contributed by atoms with Gasteiger partial charge in [0.25, 0.3) is 15.9 Å². The van der Waals surface area contributed by atoms with Crippen molar-refractivity contribution in [3.8, 4) is 11.5 Å². The molecule has 0 unspecified atom stereocenters. The summed E-state index contributed by atoms with van der Waals surface area (Å²) in [4.78, 5) is 14.9. The highest BCUT2D eigenvalue weighted by Crippen LogP contribution is 2.32. The molecule has 1 N–H and O–H groups in total. The lowest BCUT2D eigenvalue weighted by Gasteiger charge is -2.21. The third-order valence-electron chi connectivity index (χ3n) is 5.09. The fourth-order valence-electron chi connectivity index (χ4n) is 3.29. The molecule has 0 bridgehead atoms. The third-order valence-corrected chi connectivity index (χ3v) is 6.60. The number of methoxy groups -OCH3 is 2. The topological polar surface area (TPSA) is 84.9 Å². The lowest BCUT2D eigenvalue weighted by atomic mass is 10.1. The van der Waals surface area contributed by atoms with Crippen LogP contribution in [0.25, 0.3) is 0 Å². The second-order valence-electron chi connectivity index (χ2n) is 7.32. The van der Waals surface area contributed by atoms with E-state index in [0.717, 1.165) is 5.56 Å². The monoisotopic (exact) mass is 454 g/mol. The van der Waals surface area contributed by atoms with Crippen LogP contribution in [-0.2, 0) is 10.0 Å². The molecule has 0 radical (unpaired) electrons. The molecular formula is C24H26N2O5S. The lowest BCUT2D eigenvalue weighted by Crippen LogP contribution is -2.27. The smallest absolute Gasteiger partial charge is 0.262 e. The molecule has 3 aromatic carbocycles. The number of nitrogens with one attached hydrogen (secondary N) is 1. The average Bonchev–Trinajstić information content (AvgIpc) is 2.79. The minimum absolute atomic E-state index is 0.174. The summed E-state index contributed by atoms with van der Waals surface area (Å²) in [5.74, 6) is 0.642. The zero-order valence-corrected chi connectivity index (χ0v) is 19.5. The van der Waals surface area contributed by atoms with Gasteiger partial charge in [-0.15, -0.1) is 0 Å². The van der Waals surface area contributed by atoms with Gasteiger partial charge in [-0.2, -0.15) is 0 Å². The minimum atomic E-state index is -3.89. The normalized spacial score (nSPS) is 11.0. The maximum Gasteiger partial charge on any atom is 0.262 e. The molecule has 0 atom stereocenters. The molecule has 0 aliphatic rings. The largest absolute Gasteiger partial charge is 0.493 e. The molecular weight excluding hydrogens is 428 g/mol. The van der Waals surface area contributed by atoms with Gasteiger partial charge in [0.05, 0.1) is 30.4 Å². The molecule has 3 aromatic rings. The summed E-state index contributed by atoms with van der Waals surface area (Å²) >= 11 is 0. The lowest BCUT2D eigenvalue weighted by molar-refractivity contribution is 0.0994. The Morgan fingerprint density at radius 1 is 0.906 bits per heavy atom. The second-order valence-corrected chi connectivity index (χ2v) is 8.97. The predicted octanol–water partition coefficient (Wildman–Crippen LogP) is 4.40. The third kappa shape index (κ3) is 4.70. The molecule has 32 heavy (non-hydrogen) atoms. The molecule has 0 aliphatic heterocycles. The van der Waals surface area contributed by atoms with Gasteiger partial charge < -0.3 is 14.4 Å². The first-order valence-electron chi connectivity index (χ1n) is 9.87. The highest BCUT2D eigenvalue weighted by atomic mass is 32.2. The number of carbonyl (C=O) groups excluding carboxylic acids is 1. The van der Waals surface area contributed by atoms with Crippen molar-refractivity contribution in [1.82, 2.24) is 0 Å². The van der Waals surface area contributed by atoms with E-state index in [0.29, 0.717) is 22.7 Å². The van der Waals surface area contributed by atoms with Gasteiger partial charge in [-0.3, -0.25) is 9.52 Å². The standard InChI is InChI=1S/C24H26N2O5S/c1-16-10-11-17(2)23(14-16)32(28,29)25-20-9-7-6-8-19(20)24(27)26(3)18-12-13-21(30-4)22(15-18)31-5/h6-15,25H,1-5H3. The maximum atomic E-state index is 13.3. The Kier molecular flexibility index (Phi) is 6.74. The summed E-state index contributed by atoms with van der Waals surface area (Å²) in [5, 5.41) is 0. The van der Waals surface area contributed by atoms with Crippen molar-refractivity contribution < 1.29 is 22.7 Å². The molecule has 0 aliphatic carbocycles. The van der Waals surface area contributed by atoms with E-state index in [1.165, 1.54) is 19.1 Å². The number of nitrogens with zero attached hydrogens (tertiary/aromatic N) is 1. The van der Waals surface area contributed by atoms with E-state index in [9.17, 15) is 13.2 Å². The van der Waals surface area contributed by atoms with Crippen LogP contribution >= 0.6 is 0 Å². The van der Waals surface area contributed by atoms with Crippen LogP contribution in [0.1, 0.15) is 21.5 Å².